The van der Waals surface area contributed by atoms with Gasteiger partial charge in [-0.2, -0.15) is 0 Å². The average molecular weight is 205 g/mol. The summed E-state index contributed by atoms with van der Waals surface area (Å²) in [6.07, 6.45) is 0. The maximum atomic E-state index is 12.4. The molecular weight excluding hydrogens is 187 g/mol. The second kappa shape index (κ2) is 9.53. The molecule has 0 heterocycles. The topological polar surface area (TPSA) is 0 Å². The van der Waals surface area contributed by atoms with Crippen molar-refractivity contribution in [3.63, 3.8) is 0 Å². The molecule has 0 unspecified atom stereocenters. The Morgan fingerprint density at radius 3 is 1.85 bits per heavy atom. The fourth-order valence-electron chi connectivity index (χ4n) is 0.601. The highest BCUT2D eigenvalue weighted by atomic mass is 35.5. The zero-order valence-electron chi connectivity index (χ0n) is 8.99. The first kappa shape index (κ1) is 14.9. The van der Waals surface area contributed by atoms with Crippen molar-refractivity contribution in [3.8, 4) is 0 Å². The molecule has 76 valence electrons. The highest BCUT2D eigenvalue weighted by molar-refractivity contribution is 6.30. The van der Waals surface area contributed by atoms with E-state index in [1.165, 1.54) is 6.07 Å². The monoisotopic (exact) mass is 204 g/mol. The summed E-state index contributed by atoms with van der Waals surface area (Å²) in [6, 6.07) is 4.72. The van der Waals surface area contributed by atoms with Gasteiger partial charge in [0.25, 0.3) is 0 Å². The van der Waals surface area contributed by atoms with E-state index < -0.39 is 0 Å². The van der Waals surface area contributed by atoms with Gasteiger partial charge in [0.15, 0.2) is 0 Å². The summed E-state index contributed by atoms with van der Waals surface area (Å²) in [5.74, 6) is -0.350. The van der Waals surface area contributed by atoms with Crippen LogP contribution in [0.5, 0.6) is 0 Å². The molecular formula is C11H18ClF. The van der Waals surface area contributed by atoms with Gasteiger partial charge in [-0.25, -0.2) is 4.39 Å². The summed E-state index contributed by atoms with van der Waals surface area (Å²) < 4.78 is 12.4. The van der Waals surface area contributed by atoms with Gasteiger partial charge < -0.3 is 0 Å². The van der Waals surface area contributed by atoms with Crippen LogP contribution in [0.25, 0.3) is 0 Å². The van der Waals surface area contributed by atoms with Crippen molar-refractivity contribution in [2.45, 2.75) is 34.6 Å². The molecule has 2 heteroatoms. The summed E-state index contributed by atoms with van der Waals surface area (Å²) in [5.41, 5.74) is 0.886. The zero-order chi connectivity index (χ0) is 10.9. The number of halogens is 2. The van der Waals surface area contributed by atoms with Crippen molar-refractivity contribution in [3.05, 3.63) is 34.6 Å². The lowest BCUT2D eigenvalue weighted by Crippen LogP contribution is -1.76. The van der Waals surface area contributed by atoms with Crippen molar-refractivity contribution in [2.75, 3.05) is 0 Å². The number of hydrogen-bond acceptors (Lipinski definition) is 0. The van der Waals surface area contributed by atoms with Gasteiger partial charge in [0, 0.05) is 0 Å². The van der Waals surface area contributed by atoms with Gasteiger partial charge in [0.1, 0.15) is 5.82 Å². The van der Waals surface area contributed by atoms with Gasteiger partial charge >= 0.3 is 0 Å². The molecule has 13 heavy (non-hydrogen) atoms. The second-order valence-electron chi connectivity index (χ2n) is 1.92. The van der Waals surface area contributed by atoms with Gasteiger partial charge in [-0.05, 0) is 24.6 Å². The summed E-state index contributed by atoms with van der Waals surface area (Å²) >= 11 is 5.41. The molecule has 0 aliphatic heterocycles. The third-order valence-corrected chi connectivity index (χ3v) is 1.38. The van der Waals surface area contributed by atoms with Crippen LogP contribution in [-0.4, -0.2) is 0 Å². The van der Waals surface area contributed by atoms with E-state index in [-0.39, 0.29) is 10.8 Å². The fourth-order valence-corrected chi connectivity index (χ4v) is 0.719. The molecule has 0 nitrogen and oxygen atoms in total. The number of aryl methyl sites for hydroxylation is 1. The van der Waals surface area contributed by atoms with Crippen LogP contribution >= 0.6 is 11.6 Å². The predicted molar refractivity (Wildman–Crippen MR) is 58.8 cm³/mol. The van der Waals surface area contributed by atoms with E-state index in [2.05, 4.69) is 0 Å². The van der Waals surface area contributed by atoms with Crippen LogP contribution in [0.1, 0.15) is 33.3 Å². The largest absolute Gasteiger partial charge is 0.205 e. The molecule has 1 aromatic carbocycles. The smallest absolute Gasteiger partial charge is 0.142 e. The maximum Gasteiger partial charge on any atom is 0.142 e. The Kier molecular flexibility index (Phi) is 10.9. The van der Waals surface area contributed by atoms with Gasteiger partial charge in [-0.1, -0.05) is 45.4 Å². The van der Waals surface area contributed by atoms with Crippen LogP contribution in [0, 0.1) is 12.7 Å². The van der Waals surface area contributed by atoms with Crippen LogP contribution in [-0.2, 0) is 0 Å². The fraction of sp³-hybridized carbons (Fsp3) is 0.455. The minimum Gasteiger partial charge on any atom is -0.205 e. The predicted octanol–water partition coefficient (Wildman–Crippen LogP) is 4.84. The molecule has 0 spiro atoms. The number of benzene rings is 1. The Bertz CT molecular complexity index is 221. The lowest BCUT2D eigenvalue weighted by Gasteiger charge is -1.92. The molecule has 0 saturated heterocycles. The standard InChI is InChI=1S/C7H6ClF.2C2H6/c1-5-2-3-6(8)7(9)4-5;2*1-2/h2-4H,1H3;2*1-2H3. The Labute approximate surface area is 85.7 Å². The Hall–Kier alpha value is -0.560. The summed E-state index contributed by atoms with van der Waals surface area (Å²) in [5, 5.41) is 0.181. The van der Waals surface area contributed by atoms with Crippen molar-refractivity contribution >= 4 is 11.6 Å². The molecule has 0 aromatic heterocycles. The van der Waals surface area contributed by atoms with Gasteiger partial charge in [-0.3, -0.25) is 0 Å². The lowest BCUT2D eigenvalue weighted by atomic mass is 10.2. The van der Waals surface area contributed by atoms with Crippen molar-refractivity contribution in [2.24, 2.45) is 0 Å². The molecule has 0 aliphatic carbocycles. The van der Waals surface area contributed by atoms with E-state index in [1.807, 2.05) is 34.6 Å². The summed E-state index contributed by atoms with van der Waals surface area (Å²) in [4.78, 5) is 0. The van der Waals surface area contributed by atoms with E-state index in [1.54, 1.807) is 12.1 Å². The second-order valence-corrected chi connectivity index (χ2v) is 2.32. The minimum atomic E-state index is -0.350. The maximum absolute atomic E-state index is 12.4. The molecule has 0 aliphatic rings. The molecule has 0 bridgehead atoms. The number of rotatable bonds is 0. The molecule has 0 N–H and O–H groups in total. The Balaban J connectivity index is 0. The third kappa shape index (κ3) is 6.59. The van der Waals surface area contributed by atoms with Gasteiger partial charge in [-0.15, -0.1) is 0 Å². The Morgan fingerprint density at radius 1 is 1.08 bits per heavy atom. The summed E-state index contributed by atoms with van der Waals surface area (Å²) in [7, 11) is 0. The SMILES string of the molecule is CC.CC.Cc1ccc(Cl)c(F)c1. The summed E-state index contributed by atoms with van der Waals surface area (Å²) in [6.45, 7) is 9.82. The third-order valence-electron chi connectivity index (χ3n) is 1.08. The van der Waals surface area contributed by atoms with Gasteiger partial charge in [0.2, 0.25) is 0 Å². The van der Waals surface area contributed by atoms with E-state index in [0.717, 1.165) is 5.56 Å². The van der Waals surface area contributed by atoms with Crippen molar-refractivity contribution < 1.29 is 4.39 Å². The van der Waals surface area contributed by atoms with Crippen LogP contribution < -0.4 is 0 Å². The van der Waals surface area contributed by atoms with Crippen molar-refractivity contribution in [1.82, 2.24) is 0 Å². The van der Waals surface area contributed by atoms with Gasteiger partial charge in [0.05, 0.1) is 5.02 Å². The first-order valence-electron chi connectivity index (χ1n) is 4.62. The normalized spacial score (nSPS) is 7.62. The molecule has 0 saturated carbocycles. The van der Waals surface area contributed by atoms with Crippen LogP contribution in [0.2, 0.25) is 5.02 Å². The highest BCUT2D eigenvalue weighted by Crippen LogP contribution is 2.14. The number of hydrogen-bond donors (Lipinski definition) is 0. The molecule has 1 aromatic rings. The quantitative estimate of drug-likeness (QED) is 0.567. The van der Waals surface area contributed by atoms with Crippen LogP contribution in [0.4, 0.5) is 4.39 Å². The van der Waals surface area contributed by atoms with E-state index in [0.29, 0.717) is 0 Å². The highest BCUT2D eigenvalue weighted by Gasteiger charge is 1.95. The first-order chi connectivity index (χ1) is 6.20. The average Bonchev–Trinajstić information content (AvgIpc) is 2.18. The molecule has 0 amide bonds. The van der Waals surface area contributed by atoms with Crippen LogP contribution in [0.3, 0.4) is 0 Å². The Morgan fingerprint density at radius 2 is 1.54 bits per heavy atom. The molecule has 0 radical (unpaired) electrons. The first-order valence-corrected chi connectivity index (χ1v) is 4.99. The van der Waals surface area contributed by atoms with Crippen molar-refractivity contribution in [1.29, 1.82) is 0 Å². The van der Waals surface area contributed by atoms with E-state index in [4.69, 9.17) is 11.6 Å². The van der Waals surface area contributed by atoms with E-state index in [9.17, 15) is 4.39 Å². The molecule has 0 fully saturated rings. The minimum absolute atomic E-state index is 0.181. The lowest BCUT2D eigenvalue weighted by molar-refractivity contribution is 0.627. The molecule has 1 rings (SSSR count). The zero-order valence-corrected chi connectivity index (χ0v) is 9.74. The van der Waals surface area contributed by atoms with Crippen LogP contribution in [0.15, 0.2) is 18.2 Å². The molecule has 0 atom stereocenters. The van der Waals surface area contributed by atoms with E-state index >= 15 is 0 Å².